The monoisotopic (exact) mass is 611 g/mol. The number of rotatable bonds is 9. The van der Waals surface area contributed by atoms with Crippen LogP contribution in [0.4, 0.5) is 5.69 Å². The van der Waals surface area contributed by atoms with Crippen molar-refractivity contribution in [2.75, 3.05) is 11.5 Å². The molecule has 0 radical (unpaired) electrons. The number of pyridine rings is 1. The van der Waals surface area contributed by atoms with Crippen molar-refractivity contribution < 1.29 is 24.2 Å². The van der Waals surface area contributed by atoms with E-state index in [9.17, 15) is 20.0 Å². The van der Waals surface area contributed by atoms with E-state index in [1.165, 1.54) is 6.20 Å². The predicted molar refractivity (Wildman–Crippen MR) is 173 cm³/mol. The molecular weight excluding hydrogens is 566 g/mol. The topological polar surface area (TPSA) is 113 Å². The first-order valence-corrected chi connectivity index (χ1v) is 14.8. The normalized spacial score (nSPS) is 21.1. The van der Waals surface area contributed by atoms with Gasteiger partial charge in [0.1, 0.15) is 0 Å². The molecule has 234 valence electrons. The number of hydrogen-bond donors (Lipinski definition) is 1. The standard InChI is InChI=1S/C29H30ClN3O5.2C2H6.CH4/c1-19(14-27(36)33(18-34)24-10-8-20(16-31)22-6-4-5-7-23(22)24)29(3)25(35)15-28(2,38-29)12-13-37-26-11-9-21(30)17-32-26;2*1-2;/h4-11,17-19,25,35H,12-15H2,1-3H3;2*1-2H3;1H4. The van der Waals surface area contributed by atoms with Crippen LogP contribution < -0.4 is 9.64 Å². The second-order valence-electron chi connectivity index (χ2n) is 10.1. The minimum atomic E-state index is -1.01. The number of fused-ring (bicyclic) bond motifs is 1. The van der Waals surface area contributed by atoms with Gasteiger partial charge in [0, 0.05) is 42.3 Å². The Morgan fingerprint density at radius 3 is 2.42 bits per heavy atom. The minimum Gasteiger partial charge on any atom is -0.478 e. The van der Waals surface area contributed by atoms with Gasteiger partial charge < -0.3 is 14.6 Å². The highest BCUT2D eigenvalue weighted by atomic mass is 35.5. The number of hydrogen-bond acceptors (Lipinski definition) is 7. The van der Waals surface area contributed by atoms with Crippen LogP contribution in [-0.2, 0) is 14.3 Å². The molecule has 4 atom stereocenters. The summed E-state index contributed by atoms with van der Waals surface area (Å²) in [5, 5.41) is 22.3. The number of nitrogens with zero attached hydrogens (tertiary/aromatic N) is 3. The quantitative estimate of drug-likeness (QED) is 0.246. The van der Waals surface area contributed by atoms with Crippen LogP contribution >= 0.6 is 11.6 Å². The summed E-state index contributed by atoms with van der Waals surface area (Å²) < 4.78 is 12.1. The Bertz CT molecular complexity index is 1380. The fourth-order valence-electron chi connectivity index (χ4n) is 5.06. The molecule has 1 aromatic heterocycles. The third-order valence-corrected chi connectivity index (χ3v) is 7.67. The van der Waals surface area contributed by atoms with Gasteiger partial charge in [-0.2, -0.15) is 5.26 Å². The number of benzene rings is 2. The molecule has 9 heteroatoms. The van der Waals surface area contributed by atoms with Gasteiger partial charge in [-0.25, -0.2) is 4.98 Å². The van der Waals surface area contributed by atoms with Crippen molar-refractivity contribution in [2.24, 2.45) is 5.92 Å². The molecule has 1 N–H and O–H groups in total. The number of halogens is 1. The number of ether oxygens (including phenoxy) is 2. The Morgan fingerprint density at radius 1 is 1.19 bits per heavy atom. The summed E-state index contributed by atoms with van der Waals surface area (Å²) in [6, 6.07) is 15.9. The molecule has 43 heavy (non-hydrogen) atoms. The van der Waals surface area contributed by atoms with E-state index in [4.69, 9.17) is 21.1 Å². The van der Waals surface area contributed by atoms with E-state index in [2.05, 4.69) is 11.1 Å². The molecule has 0 spiro atoms. The van der Waals surface area contributed by atoms with Crippen molar-refractivity contribution in [1.82, 2.24) is 4.98 Å². The van der Waals surface area contributed by atoms with Crippen LogP contribution in [0.2, 0.25) is 5.02 Å². The number of aliphatic hydroxyl groups is 1. The highest BCUT2D eigenvalue weighted by Gasteiger charge is 2.53. The number of aliphatic hydroxyl groups excluding tert-OH is 1. The van der Waals surface area contributed by atoms with Crippen molar-refractivity contribution >= 4 is 40.4 Å². The van der Waals surface area contributed by atoms with Crippen LogP contribution in [0.1, 0.15) is 80.7 Å². The molecule has 4 unspecified atom stereocenters. The highest BCUT2D eigenvalue weighted by molar-refractivity contribution is 6.30. The summed E-state index contributed by atoms with van der Waals surface area (Å²) in [5.74, 6) is -0.384. The first-order valence-electron chi connectivity index (χ1n) is 14.4. The summed E-state index contributed by atoms with van der Waals surface area (Å²) in [4.78, 5) is 30.6. The zero-order valence-electron chi connectivity index (χ0n) is 25.6. The summed E-state index contributed by atoms with van der Waals surface area (Å²) in [6.07, 6.45) is 2.03. The first-order chi connectivity index (χ1) is 20.1. The summed E-state index contributed by atoms with van der Waals surface area (Å²) in [5.41, 5.74) is -0.820. The summed E-state index contributed by atoms with van der Waals surface area (Å²) in [6.45, 7) is 13.9. The Balaban J connectivity index is 0.00000177. The van der Waals surface area contributed by atoms with Gasteiger partial charge in [0.05, 0.1) is 46.3 Å². The number of anilines is 1. The molecule has 0 bridgehead atoms. The number of amides is 2. The van der Waals surface area contributed by atoms with Crippen LogP contribution in [0.25, 0.3) is 10.8 Å². The molecule has 0 saturated carbocycles. The Morgan fingerprint density at radius 2 is 1.84 bits per heavy atom. The zero-order valence-corrected chi connectivity index (χ0v) is 26.3. The van der Waals surface area contributed by atoms with E-state index in [1.807, 2.05) is 41.5 Å². The molecule has 1 aliphatic heterocycles. The van der Waals surface area contributed by atoms with Crippen molar-refractivity contribution in [3.8, 4) is 11.9 Å². The average molecular weight is 612 g/mol. The second-order valence-corrected chi connectivity index (χ2v) is 10.6. The molecule has 4 rings (SSSR count). The van der Waals surface area contributed by atoms with E-state index in [1.54, 1.807) is 55.5 Å². The number of carbonyl (C=O) groups is 2. The van der Waals surface area contributed by atoms with Crippen LogP contribution in [0.15, 0.2) is 54.7 Å². The van der Waals surface area contributed by atoms with Gasteiger partial charge in [0.15, 0.2) is 0 Å². The van der Waals surface area contributed by atoms with Gasteiger partial charge >= 0.3 is 0 Å². The lowest BCUT2D eigenvalue weighted by Crippen LogP contribution is -2.45. The number of nitriles is 1. The molecule has 2 aromatic carbocycles. The third-order valence-electron chi connectivity index (χ3n) is 7.45. The number of aromatic nitrogens is 1. The van der Waals surface area contributed by atoms with Crippen LogP contribution in [-0.4, -0.2) is 46.3 Å². The lowest BCUT2D eigenvalue weighted by atomic mass is 9.82. The molecule has 0 aliphatic carbocycles. The van der Waals surface area contributed by atoms with E-state index in [-0.39, 0.29) is 13.8 Å². The molecule has 8 nitrogen and oxygen atoms in total. The lowest BCUT2D eigenvalue weighted by molar-refractivity contribution is -0.147. The zero-order chi connectivity index (χ0) is 31.5. The summed E-state index contributed by atoms with van der Waals surface area (Å²) in [7, 11) is 0. The van der Waals surface area contributed by atoms with Crippen LogP contribution in [0, 0.1) is 17.2 Å². The van der Waals surface area contributed by atoms with Crippen molar-refractivity contribution in [3.63, 3.8) is 0 Å². The van der Waals surface area contributed by atoms with Crippen LogP contribution in [0.3, 0.4) is 0 Å². The molecule has 2 heterocycles. The Labute approximate surface area is 261 Å². The maximum Gasteiger partial charge on any atom is 0.233 e. The molecule has 1 aliphatic rings. The van der Waals surface area contributed by atoms with E-state index < -0.39 is 29.1 Å². The van der Waals surface area contributed by atoms with Gasteiger partial charge in [-0.15, -0.1) is 0 Å². The van der Waals surface area contributed by atoms with Gasteiger partial charge in [0.2, 0.25) is 18.2 Å². The lowest BCUT2D eigenvalue weighted by Gasteiger charge is -2.36. The first kappa shape index (κ1) is 37.5. The fraction of sp³-hybridized carbons (Fsp3) is 0.471. The van der Waals surface area contributed by atoms with E-state index in [0.717, 1.165) is 4.90 Å². The number of imide groups is 1. The van der Waals surface area contributed by atoms with E-state index in [0.29, 0.717) is 58.8 Å². The van der Waals surface area contributed by atoms with Gasteiger partial charge in [0.25, 0.3) is 0 Å². The fourth-order valence-corrected chi connectivity index (χ4v) is 5.17. The minimum absolute atomic E-state index is 0. The Kier molecular flexibility index (Phi) is 14.8. The maximum absolute atomic E-state index is 13.4. The molecule has 2 amide bonds. The van der Waals surface area contributed by atoms with Crippen molar-refractivity contribution in [2.45, 2.75) is 92.5 Å². The summed E-state index contributed by atoms with van der Waals surface area (Å²) >= 11 is 5.86. The molecule has 1 fully saturated rings. The average Bonchev–Trinajstić information content (AvgIpc) is 3.25. The highest BCUT2D eigenvalue weighted by Crippen LogP contribution is 2.45. The molecule has 3 aromatic rings. The second kappa shape index (κ2) is 17.0. The Hall–Kier alpha value is -3.51. The van der Waals surface area contributed by atoms with Gasteiger partial charge in [-0.05, 0) is 38.0 Å². The van der Waals surface area contributed by atoms with Gasteiger partial charge in [-0.1, -0.05) is 77.9 Å². The molecular formula is C34H46ClN3O5. The smallest absolute Gasteiger partial charge is 0.233 e. The maximum atomic E-state index is 13.4. The van der Waals surface area contributed by atoms with E-state index >= 15 is 0 Å². The number of carbonyl (C=O) groups excluding carboxylic acids is 2. The largest absolute Gasteiger partial charge is 0.478 e. The predicted octanol–water partition coefficient (Wildman–Crippen LogP) is 7.73. The van der Waals surface area contributed by atoms with Crippen molar-refractivity contribution in [3.05, 3.63) is 65.3 Å². The van der Waals surface area contributed by atoms with Gasteiger partial charge in [-0.3, -0.25) is 14.5 Å². The van der Waals surface area contributed by atoms with Crippen LogP contribution in [0.5, 0.6) is 5.88 Å². The third kappa shape index (κ3) is 8.76. The van der Waals surface area contributed by atoms with Crippen molar-refractivity contribution in [1.29, 1.82) is 5.26 Å². The SMILES string of the molecule is C.CC.CC.CC(CC(=O)N(C=O)c1ccc(C#N)c2ccccc12)C1(C)OC(C)(CCOc2ccc(Cl)cn2)CC1O. The molecule has 1 saturated heterocycles.